The zero-order valence-electron chi connectivity index (χ0n) is 68.7. The summed E-state index contributed by atoms with van der Waals surface area (Å²) in [5.74, 6) is 11.6. The van der Waals surface area contributed by atoms with Crippen LogP contribution in [0.25, 0.3) is 0 Å². The molecule has 10 saturated carbocycles. The Hall–Kier alpha value is -1.55. The average Bonchev–Trinajstić information content (AvgIpc) is 1.16. The minimum Gasteiger partial charge on any atom is -0.381 e. The number of ether oxygens (including phenoxy) is 1. The van der Waals surface area contributed by atoms with E-state index in [1.165, 1.54) is 276 Å². The summed E-state index contributed by atoms with van der Waals surface area (Å²) in [7, 11) is 6.60. The zero-order valence-corrected chi connectivity index (χ0v) is 68.7. The van der Waals surface area contributed by atoms with Gasteiger partial charge in [0.25, 0.3) is 0 Å². The summed E-state index contributed by atoms with van der Waals surface area (Å²) in [5.41, 5.74) is 5.76. The van der Waals surface area contributed by atoms with Gasteiger partial charge in [-0.2, -0.15) is 0 Å². The van der Waals surface area contributed by atoms with Gasteiger partial charge in [0.1, 0.15) is 0 Å². The number of nitrogens with zero attached hydrogens (tertiary/aromatic N) is 5. The Morgan fingerprint density at radius 1 is 0.410 bits per heavy atom. The van der Waals surface area contributed by atoms with Crippen LogP contribution in [0.2, 0.25) is 0 Å². The van der Waals surface area contributed by atoms with Crippen LogP contribution in [-0.4, -0.2) is 142 Å². The number of hydrogen-bond donors (Lipinski definition) is 1. The van der Waals surface area contributed by atoms with E-state index in [0.29, 0.717) is 11.9 Å². The van der Waals surface area contributed by atoms with Crippen LogP contribution in [-0.2, 0) is 22.4 Å². The lowest BCUT2D eigenvalue weighted by atomic mass is 9.52. The lowest BCUT2D eigenvalue weighted by molar-refractivity contribution is -0.130. The molecule has 578 valence electrons. The van der Waals surface area contributed by atoms with Gasteiger partial charge in [0, 0.05) is 44.8 Å². The van der Waals surface area contributed by atoms with Crippen LogP contribution < -0.4 is 5.32 Å². The highest BCUT2D eigenvalue weighted by molar-refractivity contribution is 5.78. The van der Waals surface area contributed by atoms with E-state index in [2.05, 4.69) is 138 Å². The molecule has 8 saturated heterocycles. The third-order valence-corrected chi connectivity index (χ3v) is 28.7. The fraction of sp³-hybridized carbons (Fsp3) is 0.924. The number of aryl methyl sites for hydroxylation is 1. The monoisotopic (exact) mass is 1390 g/mol. The molecule has 18 fully saturated rings. The molecule has 1 aromatic rings. The van der Waals surface area contributed by atoms with Gasteiger partial charge in [-0.1, -0.05) is 151 Å². The van der Waals surface area contributed by atoms with Crippen molar-refractivity contribution in [3.8, 4) is 0 Å². The molecule has 2 bridgehead atoms. The molecule has 8 nitrogen and oxygen atoms in total. The SMILES string of the molecule is CC12CCC(CC1)CC2.CC1CC2(CCC2)C1.CC1CC2CC2C1.CC1CCC2(CC1)CC2.CC1CCCCC1.CC1CCNCC1.CC1CCOCC1.CN1CCC2CCCN2C1.CN1CCCCC1.CN1CCCCC1.C[C@H]1CCC2CCC(=O)N2C1.C[C@H]1CCc2ccccc2C1. The molecule has 8 heterocycles. The summed E-state index contributed by atoms with van der Waals surface area (Å²) in [6, 6.07) is 10.4. The van der Waals surface area contributed by atoms with Crippen LogP contribution in [0.5, 0.6) is 0 Å². The average molecular weight is 1390 g/mol. The van der Waals surface area contributed by atoms with Crippen molar-refractivity contribution in [2.75, 3.05) is 99.9 Å². The van der Waals surface area contributed by atoms with Gasteiger partial charge >= 0.3 is 0 Å². The van der Waals surface area contributed by atoms with Crippen LogP contribution in [0.4, 0.5) is 0 Å². The second-order valence-corrected chi connectivity index (χ2v) is 39.0. The largest absolute Gasteiger partial charge is 0.381 e. The molecule has 0 radical (unpaired) electrons. The fourth-order valence-corrected chi connectivity index (χ4v) is 20.5. The molecule has 0 aromatic heterocycles. The highest BCUT2D eigenvalue weighted by atomic mass is 16.5. The molecule has 19 aliphatic rings. The number of fused-ring (bicyclic) bond motifs is 7. The summed E-state index contributed by atoms with van der Waals surface area (Å²) in [6.07, 6.45) is 64.8. The van der Waals surface area contributed by atoms with Gasteiger partial charge in [0.05, 0.1) is 6.67 Å². The Labute approximate surface area is 621 Å². The van der Waals surface area contributed by atoms with E-state index < -0.39 is 0 Å². The number of rotatable bonds is 0. The second kappa shape index (κ2) is 44.7. The maximum atomic E-state index is 11.3. The summed E-state index contributed by atoms with van der Waals surface area (Å²) >= 11 is 0. The normalized spacial score (nSPS) is 33.8. The number of amides is 1. The Kier molecular flexibility index (Phi) is 37.6. The van der Waals surface area contributed by atoms with Crippen molar-refractivity contribution in [3.63, 3.8) is 0 Å². The van der Waals surface area contributed by atoms with Crippen molar-refractivity contribution in [1.82, 2.24) is 29.8 Å². The zero-order chi connectivity index (χ0) is 71.2. The Morgan fingerprint density at radius 3 is 1.41 bits per heavy atom. The molecular weight excluding hydrogens is 1220 g/mol. The van der Waals surface area contributed by atoms with Crippen molar-refractivity contribution in [2.24, 2.45) is 81.3 Å². The van der Waals surface area contributed by atoms with E-state index in [1.807, 2.05) is 0 Å². The molecule has 8 aliphatic heterocycles. The van der Waals surface area contributed by atoms with E-state index in [-0.39, 0.29) is 0 Å². The molecule has 6 atom stereocenters. The van der Waals surface area contributed by atoms with Crippen molar-refractivity contribution in [2.45, 2.75) is 363 Å². The third-order valence-electron chi connectivity index (χ3n) is 28.7. The number of nitrogens with one attached hydrogen (secondary N) is 1. The summed E-state index contributed by atoms with van der Waals surface area (Å²) < 4.78 is 5.14. The third kappa shape index (κ3) is 31.7. The number of carbonyl (C=O) groups excluding carboxylic acids is 1. The summed E-state index contributed by atoms with van der Waals surface area (Å²) in [5, 5.41) is 3.32. The van der Waals surface area contributed by atoms with Crippen molar-refractivity contribution < 1.29 is 9.53 Å². The molecule has 2 spiro atoms. The van der Waals surface area contributed by atoms with Crippen LogP contribution >= 0.6 is 0 Å². The minimum atomic E-state index is 0.390. The lowest BCUT2D eigenvalue weighted by Gasteiger charge is -2.53. The first-order chi connectivity index (χ1) is 48.2. The number of carbonyl (C=O) groups is 1. The lowest BCUT2D eigenvalue weighted by Crippen LogP contribution is -2.45. The second-order valence-electron chi connectivity index (χ2n) is 39.0. The molecular formula is C92H168N6O2. The van der Waals surface area contributed by atoms with Gasteiger partial charge in [-0.15, -0.1) is 0 Å². The summed E-state index contributed by atoms with van der Waals surface area (Å²) in [4.78, 5) is 23.2. The van der Waals surface area contributed by atoms with E-state index >= 15 is 0 Å². The fourth-order valence-electron chi connectivity index (χ4n) is 20.5. The molecule has 1 N–H and O–H groups in total. The van der Waals surface area contributed by atoms with Crippen molar-refractivity contribution in [1.29, 1.82) is 0 Å². The van der Waals surface area contributed by atoms with E-state index in [4.69, 9.17) is 4.74 Å². The molecule has 8 heteroatoms. The smallest absolute Gasteiger partial charge is 0.222 e. The topological polar surface area (TPSA) is 54.5 Å². The highest BCUT2D eigenvalue weighted by Crippen LogP contribution is 2.59. The van der Waals surface area contributed by atoms with Gasteiger partial charge in [0.2, 0.25) is 5.91 Å². The van der Waals surface area contributed by atoms with Gasteiger partial charge in [0.15, 0.2) is 0 Å². The number of piperidine rings is 4. The van der Waals surface area contributed by atoms with Crippen LogP contribution in [0.3, 0.4) is 0 Å². The first-order valence-electron chi connectivity index (χ1n) is 44.7. The Balaban J connectivity index is 0.000000139. The van der Waals surface area contributed by atoms with Crippen molar-refractivity contribution in [3.05, 3.63) is 35.4 Å². The maximum Gasteiger partial charge on any atom is 0.222 e. The molecule has 11 aliphatic carbocycles. The van der Waals surface area contributed by atoms with Crippen LogP contribution in [0, 0.1) is 81.3 Å². The van der Waals surface area contributed by atoms with Gasteiger partial charge in [-0.3, -0.25) is 14.6 Å². The quantitative estimate of drug-likeness (QED) is 0.278. The number of likely N-dealkylation sites (tertiary alicyclic amines) is 2. The maximum absolute atomic E-state index is 11.3. The molecule has 20 rings (SSSR count). The minimum absolute atomic E-state index is 0.390. The molecule has 4 unspecified atom stereocenters. The molecule has 100 heavy (non-hydrogen) atoms. The Morgan fingerprint density at radius 2 is 0.970 bits per heavy atom. The van der Waals surface area contributed by atoms with Crippen LogP contribution in [0.15, 0.2) is 24.3 Å². The van der Waals surface area contributed by atoms with Crippen molar-refractivity contribution >= 4 is 5.91 Å². The highest BCUT2D eigenvalue weighted by Gasteiger charge is 2.47. The number of hydrogen-bond acceptors (Lipinski definition) is 7. The predicted octanol–water partition coefficient (Wildman–Crippen LogP) is 22.8. The van der Waals surface area contributed by atoms with E-state index in [9.17, 15) is 4.79 Å². The van der Waals surface area contributed by atoms with Gasteiger partial charge in [-0.05, 0) is 378 Å². The van der Waals surface area contributed by atoms with E-state index in [1.54, 1.807) is 81.8 Å². The van der Waals surface area contributed by atoms with Gasteiger partial charge in [-0.25, -0.2) is 0 Å². The van der Waals surface area contributed by atoms with E-state index in [0.717, 1.165) is 108 Å². The summed E-state index contributed by atoms with van der Waals surface area (Å²) in [6.45, 7) is 35.8. The van der Waals surface area contributed by atoms with Gasteiger partial charge < -0.3 is 24.8 Å². The first kappa shape index (κ1) is 84.1. The predicted molar refractivity (Wildman–Crippen MR) is 431 cm³/mol. The standard InChI is InChI=1S/C11H14.C9H15NO.2C9H16.C8H16N2.C8H14.C7H12.C7H14.3C6H13N.C6H12O/c1-9-6-7-10-4-2-3-5-11(10)8-9;1-7-2-3-8-4-5-9(11)10(8)6-7;1-9-5-2-8(3-6-9)4-7-9;1-8-2-4-9(5-3-8)6-7-9;1-9-6-4-8-3-2-5-10(8)7-9;1-7-5-8(6-7)3-2-4-8;1-5-2-6-4-7(6)3-5;1-7-5-3-2-4-6-7;1-6-2-4-7-5-3-6;2*1-7-5-3-2-4-6-7;1-6-2-4-7-5-3-6/h2-5,9H,6-8H2,1H3;7-8H,2-6H2,1H3;2*8H,2-7H2,1H3;8H,2-7H2,1H3;7H,2-6H2,1H3;5-7H,2-4H2,1H3;7H,2-6H2,1H3;6-7H,2-5H2,1H3;2*2-6H2,1H3;6H,2-5H2,1H3/t9-;7-,8?;;;;;;;;;;/m00........../s1. The molecule has 1 amide bonds. The first-order valence-corrected chi connectivity index (χ1v) is 44.7. The number of benzene rings is 1. The molecule has 1 aromatic carbocycles. The Bertz CT molecular complexity index is 2160. The van der Waals surface area contributed by atoms with Crippen LogP contribution in [0.1, 0.15) is 350 Å².